The Morgan fingerprint density at radius 3 is 2.21 bits per heavy atom. The Hall–Kier alpha value is -4.55. The summed E-state index contributed by atoms with van der Waals surface area (Å²) in [6.07, 6.45) is -3.26. The molecule has 0 radical (unpaired) electrons. The number of anilines is 1. The average molecular weight is 533 g/mol. The second-order valence-corrected chi connectivity index (χ2v) is 8.22. The van der Waals surface area contributed by atoms with Crippen LogP contribution in [0.15, 0.2) is 54.7 Å². The lowest BCUT2D eigenvalue weighted by atomic mass is 10.1. The molecule has 1 saturated heterocycles. The Morgan fingerprint density at radius 2 is 1.63 bits per heavy atom. The Kier molecular flexibility index (Phi) is 8.61. The third kappa shape index (κ3) is 6.60. The summed E-state index contributed by atoms with van der Waals surface area (Å²) in [6, 6.07) is 10.0. The minimum Gasteiger partial charge on any atom is -0.476 e. The lowest BCUT2D eigenvalue weighted by Gasteiger charge is -2.36. The van der Waals surface area contributed by atoms with Crippen LogP contribution in [0, 0.1) is 12.7 Å². The van der Waals surface area contributed by atoms with Crippen LogP contribution in [-0.2, 0) is 6.18 Å². The summed E-state index contributed by atoms with van der Waals surface area (Å²) in [5.74, 6) is -2.81. The Bertz CT molecular complexity index is 1340. The van der Waals surface area contributed by atoms with Crippen molar-refractivity contribution >= 4 is 23.5 Å². The summed E-state index contributed by atoms with van der Waals surface area (Å²) in [4.78, 5) is 37.5. The number of alkyl halides is 3. The molecule has 4 rings (SSSR count). The maximum atomic E-state index is 13.1. The molecule has 2 heterocycles. The number of piperazine rings is 1. The number of nitrogens with zero attached hydrogens (tertiary/aromatic N) is 4. The van der Waals surface area contributed by atoms with Crippen molar-refractivity contribution in [1.82, 2.24) is 15.1 Å². The third-order valence-corrected chi connectivity index (χ3v) is 5.73. The van der Waals surface area contributed by atoms with Crippen LogP contribution in [0.3, 0.4) is 0 Å². The topological polar surface area (TPSA) is 130 Å². The minimum atomic E-state index is -4.62. The summed E-state index contributed by atoms with van der Waals surface area (Å²) in [5, 5.41) is 16.3. The zero-order valence-electron chi connectivity index (χ0n) is 20.1. The second kappa shape index (κ2) is 11.7. The van der Waals surface area contributed by atoms with Gasteiger partial charge in [0.25, 0.3) is 5.91 Å². The summed E-state index contributed by atoms with van der Waals surface area (Å²) in [6.45, 7) is 2.50. The van der Waals surface area contributed by atoms with Crippen molar-refractivity contribution in [2.24, 2.45) is 5.73 Å². The zero-order chi connectivity index (χ0) is 28.0. The van der Waals surface area contributed by atoms with Crippen molar-refractivity contribution in [3.8, 4) is 0 Å². The number of aromatic nitrogens is 2. The molecule has 2 aromatic carbocycles. The first-order chi connectivity index (χ1) is 17.9. The molecule has 13 heteroatoms. The van der Waals surface area contributed by atoms with Gasteiger partial charge in [0.05, 0.1) is 23.0 Å². The highest BCUT2D eigenvalue weighted by Crippen LogP contribution is 2.32. The van der Waals surface area contributed by atoms with Gasteiger partial charge in [-0.05, 0) is 48.9 Å². The number of hydrogen-bond acceptors (Lipinski definition) is 6. The van der Waals surface area contributed by atoms with Crippen LogP contribution < -0.4 is 10.6 Å². The summed E-state index contributed by atoms with van der Waals surface area (Å²) in [5.41, 5.74) is 4.73. The third-order valence-electron chi connectivity index (χ3n) is 5.73. The molecule has 38 heavy (non-hydrogen) atoms. The number of aryl methyl sites for hydroxylation is 1. The van der Waals surface area contributed by atoms with Crippen LogP contribution in [-0.4, -0.2) is 64.2 Å². The van der Waals surface area contributed by atoms with Gasteiger partial charge in [-0.1, -0.05) is 12.1 Å². The Morgan fingerprint density at radius 1 is 0.974 bits per heavy atom. The summed E-state index contributed by atoms with van der Waals surface area (Å²) >= 11 is 0. The van der Waals surface area contributed by atoms with Gasteiger partial charge >= 0.3 is 12.1 Å². The van der Waals surface area contributed by atoms with E-state index >= 15 is 0 Å². The van der Waals surface area contributed by atoms with E-state index in [0.717, 1.165) is 12.1 Å². The molecule has 200 valence electrons. The zero-order valence-corrected chi connectivity index (χ0v) is 20.1. The van der Waals surface area contributed by atoms with Crippen molar-refractivity contribution in [3.05, 3.63) is 88.5 Å². The van der Waals surface area contributed by atoms with E-state index in [-0.39, 0.29) is 37.7 Å². The smallest absolute Gasteiger partial charge is 0.417 e. The highest BCUT2D eigenvalue weighted by atomic mass is 19.4. The van der Waals surface area contributed by atoms with Gasteiger partial charge in [-0.3, -0.25) is 9.59 Å². The van der Waals surface area contributed by atoms with Crippen molar-refractivity contribution in [1.29, 1.82) is 0 Å². The van der Waals surface area contributed by atoms with E-state index in [1.54, 1.807) is 11.8 Å². The van der Waals surface area contributed by atoms with Gasteiger partial charge in [-0.25, -0.2) is 9.18 Å². The number of amides is 2. The van der Waals surface area contributed by atoms with Crippen molar-refractivity contribution in [3.63, 3.8) is 0 Å². The number of halogens is 4. The quantitative estimate of drug-likeness (QED) is 0.492. The van der Waals surface area contributed by atoms with Crippen LogP contribution >= 0.6 is 0 Å². The van der Waals surface area contributed by atoms with Crippen molar-refractivity contribution in [2.45, 2.75) is 13.1 Å². The first-order valence-electron chi connectivity index (χ1n) is 11.2. The standard InChI is InChI=1S/C17H15F3N4O3.C8H8FNO/c18-17(19,20)12-4-2-1-3-11(12)15(25)24-9-7-23(8-10-24)13-5-6-21-22-14(13)16(26)27;1-5-4-6(9)2-3-7(5)8(10)11/h1-6H,7-10H2,(H,26,27);2-4H,1H3,(H2,10,11). The number of aromatic carboxylic acids is 1. The molecule has 9 nitrogen and oxygen atoms in total. The van der Waals surface area contributed by atoms with E-state index in [1.807, 2.05) is 0 Å². The lowest BCUT2D eigenvalue weighted by Crippen LogP contribution is -2.49. The van der Waals surface area contributed by atoms with E-state index in [4.69, 9.17) is 5.73 Å². The number of nitrogens with two attached hydrogens (primary N) is 1. The SMILES string of the molecule is Cc1cc(F)ccc1C(N)=O.O=C(O)c1nnccc1N1CCN(C(=O)c2ccccc2C(F)(F)F)CC1. The molecule has 1 aliphatic rings. The first-order valence-corrected chi connectivity index (χ1v) is 11.2. The minimum absolute atomic E-state index is 0.159. The molecule has 3 N–H and O–H groups in total. The van der Waals surface area contributed by atoms with Crippen LogP contribution in [0.4, 0.5) is 23.2 Å². The van der Waals surface area contributed by atoms with Crippen LogP contribution in [0.5, 0.6) is 0 Å². The fourth-order valence-electron chi connectivity index (χ4n) is 3.87. The molecule has 1 aromatic heterocycles. The van der Waals surface area contributed by atoms with Crippen molar-refractivity contribution < 1.29 is 37.1 Å². The fourth-order valence-corrected chi connectivity index (χ4v) is 3.87. The van der Waals surface area contributed by atoms with Gasteiger partial charge in [-0.15, -0.1) is 5.10 Å². The molecule has 2 amide bonds. The average Bonchev–Trinajstić information content (AvgIpc) is 2.88. The van der Waals surface area contributed by atoms with Gasteiger partial charge in [0.2, 0.25) is 5.91 Å². The molecule has 0 saturated carbocycles. The van der Waals surface area contributed by atoms with Gasteiger partial charge in [0, 0.05) is 31.7 Å². The second-order valence-electron chi connectivity index (χ2n) is 8.22. The molecule has 0 spiro atoms. The number of carboxylic acids is 1. The number of carbonyl (C=O) groups is 3. The van der Waals surface area contributed by atoms with Gasteiger partial charge < -0.3 is 20.6 Å². The van der Waals surface area contributed by atoms with E-state index in [1.165, 1.54) is 47.5 Å². The lowest BCUT2D eigenvalue weighted by molar-refractivity contribution is -0.138. The predicted octanol–water partition coefficient (Wildman–Crippen LogP) is 3.39. The molecule has 1 aliphatic heterocycles. The van der Waals surface area contributed by atoms with E-state index in [0.29, 0.717) is 16.8 Å². The normalized spacial score (nSPS) is 13.4. The van der Waals surface area contributed by atoms with Crippen LogP contribution in [0.1, 0.15) is 42.3 Å². The highest BCUT2D eigenvalue weighted by Gasteiger charge is 2.36. The van der Waals surface area contributed by atoms with Crippen molar-refractivity contribution in [2.75, 3.05) is 31.1 Å². The maximum absolute atomic E-state index is 13.1. The molecule has 0 atom stereocenters. The van der Waals surface area contributed by atoms with E-state index < -0.39 is 35.1 Å². The van der Waals surface area contributed by atoms with Gasteiger partial charge in [0.1, 0.15) is 5.82 Å². The molecule has 0 bridgehead atoms. The fraction of sp³-hybridized carbons (Fsp3) is 0.240. The number of hydrogen-bond donors (Lipinski definition) is 2. The van der Waals surface area contributed by atoms with Gasteiger partial charge in [0.15, 0.2) is 5.69 Å². The molecule has 3 aromatic rings. The first kappa shape index (κ1) is 28.0. The predicted molar refractivity (Wildman–Crippen MR) is 128 cm³/mol. The Labute approximate surface area is 214 Å². The molecule has 0 unspecified atom stereocenters. The molecule has 1 fully saturated rings. The number of rotatable bonds is 4. The van der Waals surface area contributed by atoms with Crippen LogP contribution in [0.25, 0.3) is 0 Å². The van der Waals surface area contributed by atoms with Crippen LogP contribution in [0.2, 0.25) is 0 Å². The number of carboxylic acid groups (broad SMARTS) is 1. The maximum Gasteiger partial charge on any atom is 0.417 e. The largest absolute Gasteiger partial charge is 0.476 e. The number of carbonyl (C=O) groups excluding carboxylic acids is 2. The number of primary amides is 1. The molecule has 0 aliphatic carbocycles. The van der Waals surface area contributed by atoms with E-state index in [9.17, 15) is 37.1 Å². The number of benzene rings is 2. The Balaban J connectivity index is 0.000000304. The monoisotopic (exact) mass is 533 g/mol. The van der Waals surface area contributed by atoms with Gasteiger partial charge in [-0.2, -0.15) is 18.3 Å². The summed E-state index contributed by atoms with van der Waals surface area (Å²) in [7, 11) is 0. The van der Waals surface area contributed by atoms with E-state index in [2.05, 4.69) is 10.2 Å². The molecular formula is C25H23F4N5O4. The molecular weight excluding hydrogens is 510 g/mol. The summed E-state index contributed by atoms with van der Waals surface area (Å²) < 4.78 is 51.9. The highest BCUT2D eigenvalue weighted by molar-refractivity contribution is 5.96.